The minimum atomic E-state index is -0.697. The van der Waals surface area contributed by atoms with Gasteiger partial charge in [0.05, 0.1) is 11.0 Å². The van der Waals surface area contributed by atoms with Crippen LogP contribution in [0.5, 0.6) is 0 Å². The zero-order chi connectivity index (χ0) is 46.0. The van der Waals surface area contributed by atoms with E-state index in [1.807, 2.05) is 24.4 Å². The Kier molecular flexibility index (Phi) is 13.3. The van der Waals surface area contributed by atoms with Crippen LogP contribution in [0.25, 0.3) is 33.2 Å². The van der Waals surface area contributed by atoms with Crippen LogP contribution in [0.4, 0.5) is 16.0 Å². The predicted octanol–water partition coefficient (Wildman–Crippen LogP) is 8.18. The number of aromatic nitrogens is 5. The molecule has 6 heterocycles. The highest BCUT2D eigenvalue weighted by molar-refractivity contribution is 6.30. The van der Waals surface area contributed by atoms with Crippen LogP contribution in [0.15, 0.2) is 77.9 Å². The van der Waals surface area contributed by atoms with Crippen molar-refractivity contribution in [1.82, 2.24) is 43.7 Å². The standard InChI is InChI=1S/C52H58ClFN10O3/c1-59-47-28-35(13-16-45(47)64(52(59)67)46-17-18-48(65)57-50(46)66)8-4-3-7-21-60-22-19-41(20-23-60)62-26-24-61(25-27-62)33-36-11-14-37(15-12-36)44-34-63(42-9-5-2-6-10-42)49-43(44)32-55-51(58-49)56-40-30-38(53)29-39(54)31-40/h11-16,28-32,34,41-42,46H,2-3,5-7,9-10,17-27,33H2,1H3,(H,55,56,58)(H,57,65,66). The molecule has 2 amide bonds. The Balaban J connectivity index is 0.686. The summed E-state index contributed by atoms with van der Waals surface area (Å²) < 4.78 is 19.5. The van der Waals surface area contributed by atoms with Crippen LogP contribution in [0.1, 0.15) is 93.8 Å². The number of hydrogen-bond acceptors (Lipinski definition) is 9. The Morgan fingerprint density at radius 1 is 0.851 bits per heavy atom. The number of nitrogens with one attached hydrogen (secondary N) is 2. The maximum absolute atomic E-state index is 14.1. The SMILES string of the molecule is Cn1c(=O)n(C2CCC(=O)NC2=O)c2ccc(C#CCCCN3CCC(N4CCN(Cc5ccc(-c6cn(C7CCCCC7)c7nc(Nc8cc(F)cc(Cl)c8)ncc67)cc5)CC4)CC3)cc21. The maximum atomic E-state index is 14.1. The highest BCUT2D eigenvalue weighted by Crippen LogP contribution is 2.37. The van der Waals surface area contributed by atoms with Gasteiger partial charge < -0.3 is 14.8 Å². The van der Waals surface area contributed by atoms with Crippen LogP contribution in [0.2, 0.25) is 5.02 Å². The van der Waals surface area contributed by atoms with Gasteiger partial charge in [-0.3, -0.25) is 33.8 Å². The fraction of sp³-hybridized carbons (Fsp3) is 0.442. The van der Waals surface area contributed by atoms with E-state index in [0.29, 0.717) is 40.7 Å². The molecule has 3 aromatic carbocycles. The molecule has 1 aliphatic carbocycles. The summed E-state index contributed by atoms with van der Waals surface area (Å²) in [7, 11) is 1.70. The normalized spacial score (nSPS) is 19.5. The average molecular weight is 926 g/mol. The highest BCUT2D eigenvalue weighted by Gasteiger charge is 2.32. The third-order valence-electron chi connectivity index (χ3n) is 14.4. The third kappa shape index (κ3) is 9.93. The molecule has 0 bridgehead atoms. The van der Waals surface area contributed by atoms with Gasteiger partial charge in [-0.1, -0.05) is 67.0 Å². The Morgan fingerprint density at radius 2 is 1.64 bits per heavy atom. The first-order valence-electron chi connectivity index (χ1n) is 24.1. The first kappa shape index (κ1) is 45.0. The lowest BCUT2D eigenvalue weighted by molar-refractivity contribution is -0.135. The summed E-state index contributed by atoms with van der Waals surface area (Å²) in [4.78, 5) is 54.8. The average Bonchev–Trinajstić information content (AvgIpc) is 3.83. The van der Waals surface area contributed by atoms with Crippen LogP contribution in [0.3, 0.4) is 0 Å². The largest absolute Gasteiger partial charge is 0.329 e. The van der Waals surface area contributed by atoms with E-state index in [9.17, 15) is 18.8 Å². The molecule has 67 heavy (non-hydrogen) atoms. The second-order valence-electron chi connectivity index (χ2n) is 18.8. The fourth-order valence-corrected chi connectivity index (χ4v) is 11.0. The van der Waals surface area contributed by atoms with Gasteiger partial charge in [0.15, 0.2) is 0 Å². The van der Waals surface area contributed by atoms with Crippen molar-refractivity contribution in [2.45, 2.75) is 95.3 Å². The van der Waals surface area contributed by atoms with Crippen molar-refractivity contribution in [3.8, 4) is 23.0 Å². The van der Waals surface area contributed by atoms with E-state index in [1.54, 1.807) is 17.7 Å². The van der Waals surface area contributed by atoms with Gasteiger partial charge in [-0.25, -0.2) is 14.2 Å². The van der Waals surface area contributed by atoms with Crippen molar-refractivity contribution in [2.24, 2.45) is 7.05 Å². The Labute approximate surface area is 395 Å². The number of likely N-dealkylation sites (tertiary alicyclic amines) is 1. The van der Waals surface area contributed by atoms with Crippen molar-refractivity contribution in [2.75, 3.05) is 51.1 Å². The van der Waals surface area contributed by atoms with E-state index >= 15 is 0 Å². The molecule has 1 unspecified atom stereocenters. The van der Waals surface area contributed by atoms with Gasteiger partial charge in [0.1, 0.15) is 17.5 Å². The number of carbonyl (C=O) groups is 2. The Morgan fingerprint density at radius 3 is 2.40 bits per heavy atom. The van der Waals surface area contributed by atoms with Crippen molar-refractivity contribution < 1.29 is 14.0 Å². The number of imidazole rings is 1. The molecular weight excluding hydrogens is 867 g/mol. The number of rotatable bonds is 11. The van der Waals surface area contributed by atoms with Crippen LogP contribution in [-0.2, 0) is 23.2 Å². The van der Waals surface area contributed by atoms with Gasteiger partial charge in [0.25, 0.3) is 0 Å². The predicted molar refractivity (Wildman–Crippen MR) is 261 cm³/mol. The molecule has 15 heteroatoms. The summed E-state index contributed by atoms with van der Waals surface area (Å²) in [6.07, 6.45) is 14.8. The number of aryl methyl sites for hydroxylation is 1. The van der Waals surface area contributed by atoms with Crippen molar-refractivity contribution in [1.29, 1.82) is 0 Å². The molecule has 6 aromatic rings. The molecule has 1 saturated carbocycles. The summed E-state index contributed by atoms with van der Waals surface area (Å²) in [5.41, 5.74) is 6.96. The number of nitrogens with zero attached hydrogens (tertiary/aromatic N) is 8. The molecular formula is C52H58ClFN10O3. The number of piperazine rings is 1. The molecule has 348 valence electrons. The van der Waals surface area contributed by atoms with E-state index in [1.165, 1.54) is 54.4 Å². The van der Waals surface area contributed by atoms with E-state index in [4.69, 9.17) is 16.6 Å². The number of imide groups is 1. The van der Waals surface area contributed by atoms with Crippen molar-refractivity contribution in [3.05, 3.63) is 106 Å². The van der Waals surface area contributed by atoms with E-state index in [2.05, 4.69) is 77.2 Å². The number of fused-ring (bicyclic) bond motifs is 2. The molecule has 10 rings (SSSR count). The van der Waals surface area contributed by atoms with Gasteiger partial charge in [-0.2, -0.15) is 4.98 Å². The highest BCUT2D eigenvalue weighted by atomic mass is 35.5. The monoisotopic (exact) mass is 924 g/mol. The lowest BCUT2D eigenvalue weighted by Gasteiger charge is -2.42. The Bertz CT molecular complexity index is 2890. The van der Waals surface area contributed by atoms with Gasteiger partial charge in [-0.05, 0) is 106 Å². The smallest absolute Gasteiger partial charge is 0.329 e. The first-order valence-corrected chi connectivity index (χ1v) is 24.4. The Hall–Kier alpha value is -5.85. The van der Waals surface area contributed by atoms with Gasteiger partial charge in [0.2, 0.25) is 17.8 Å². The molecule has 13 nitrogen and oxygen atoms in total. The van der Waals surface area contributed by atoms with Crippen LogP contribution >= 0.6 is 11.6 Å². The minimum absolute atomic E-state index is 0.215. The van der Waals surface area contributed by atoms with Crippen LogP contribution in [-0.4, -0.2) is 102 Å². The van der Waals surface area contributed by atoms with Gasteiger partial charge >= 0.3 is 5.69 Å². The summed E-state index contributed by atoms with van der Waals surface area (Å²) >= 11 is 6.12. The number of halogens is 2. The summed E-state index contributed by atoms with van der Waals surface area (Å²) in [5, 5.41) is 6.85. The summed E-state index contributed by atoms with van der Waals surface area (Å²) in [5.74, 6) is 5.89. The molecule has 3 aliphatic heterocycles. The van der Waals surface area contributed by atoms with Crippen LogP contribution in [0, 0.1) is 17.7 Å². The molecule has 1 atom stereocenters. The first-order chi connectivity index (χ1) is 32.6. The zero-order valence-electron chi connectivity index (χ0n) is 38.2. The van der Waals surface area contributed by atoms with Crippen LogP contribution < -0.4 is 16.3 Å². The number of hydrogen-bond donors (Lipinski definition) is 2. The number of benzene rings is 3. The van der Waals surface area contributed by atoms with E-state index < -0.39 is 17.8 Å². The summed E-state index contributed by atoms with van der Waals surface area (Å²) in [6.45, 7) is 8.56. The van der Waals surface area contributed by atoms with E-state index in [-0.39, 0.29) is 18.0 Å². The van der Waals surface area contributed by atoms with Crippen molar-refractivity contribution in [3.63, 3.8) is 0 Å². The van der Waals surface area contributed by atoms with E-state index in [0.717, 1.165) is 111 Å². The van der Waals surface area contributed by atoms with Gasteiger partial charge in [0, 0.05) is 104 Å². The quantitative estimate of drug-likeness (QED) is 0.0752. The minimum Gasteiger partial charge on any atom is -0.329 e. The second kappa shape index (κ2) is 19.8. The summed E-state index contributed by atoms with van der Waals surface area (Å²) in [6, 6.07) is 19.4. The number of anilines is 2. The molecule has 4 aliphatic rings. The maximum Gasteiger partial charge on any atom is 0.329 e. The molecule has 4 fully saturated rings. The molecule has 3 saturated heterocycles. The topological polar surface area (TPSA) is 126 Å². The molecule has 3 aromatic heterocycles. The van der Waals surface area contributed by atoms with Crippen molar-refractivity contribution >= 4 is 57.1 Å². The number of unbranched alkanes of at least 4 members (excludes halogenated alkanes) is 1. The lowest BCUT2D eigenvalue weighted by atomic mass is 9.95. The molecule has 0 spiro atoms. The fourth-order valence-electron chi connectivity index (χ4n) is 10.8. The molecule has 2 N–H and O–H groups in total. The second-order valence-corrected chi connectivity index (χ2v) is 19.3. The number of carbonyl (C=O) groups excluding carboxylic acids is 2. The third-order valence-corrected chi connectivity index (χ3v) is 14.6. The molecule has 0 radical (unpaired) electrons. The number of piperidine rings is 2. The lowest BCUT2D eigenvalue weighted by Crippen LogP contribution is -2.53. The van der Waals surface area contributed by atoms with Gasteiger partial charge in [-0.15, -0.1) is 0 Å². The number of amides is 2. The zero-order valence-corrected chi connectivity index (χ0v) is 38.9.